The lowest BCUT2D eigenvalue weighted by atomic mass is 9.94. The number of fused-ring (bicyclic) bond motifs is 1. The van der Waals surface area contributed by atoms with Crippen LogP contribution in [0, 0.1) is 5.41 Å². The highest BCUT2D eigenvalue weighted by atomic mass is 16.5. The molecule has 6 heteroatoms. The van der Waals surface area contributed by atoms with Crippen LogP contribution in [-0.4, -0.2) is 32.1 Å². The summed E-state index contributed by atoms with van der Waals surface area (Å²) in [5.74, 6) is 0.946. The van der Waals surface area contributed by atoms with Gasteiger partial charge in [-0.3, -0.25) is 9.59 Å². The molecule has 0 saturated heterocycles. The summed E-state index contributed by atoms with van der Waals surface area (Å²) < 4.78 is 10.8. The zero-order valence-corrected chi connectivity index (χ0v) is 16.7. The summed E-state index contributed by atoms with van der Waals surface area (Å²) in [7, 11) is 1.56. The molecule has 0 unspecified atom stereocenters. The van der Waals surface area contributed by atoms with Gasteiger partial charge in [0.15, 0.2) is 18.1 Å². The molecule has 0 spiro atoms. The largest absolute Gasteiger partial charge is 0.493 e. The number of nitrogens with zero attached hydrogens (tertiary/aromatic N) is 1. The molecule has 2 aromatic rings. The van der Waals surface area contributed by atoms with Gasteiger partial charge in [0.2, 0.25) is 5.91 Å². The van der Waals surface area contributed by atoms with E-state index in [9.17, 15) is 9.59 Å². The molecule has 148 valence electrons. The smallest absolute Gasteiger partial charge is 0.262 e. The van der Waals surface area contributed by atoms with E-state index in [1.165, 1.54) is 0 Å². The predicted molar refractivity (Wildman–Crippen MR) is 109 cm³/mol. The number of amides is 2. The maximum Gasteiger partial charge on any atom is 0.262 e. The molecule has 3 rings (SSSR count). The number of carbonyl (C=O) groups excluding carboxylic acids is 2. The Kier molecular flexibility index (Phi) is 5.58. The molecular weight excluding hydrogens is 356 g/mol. The van der Waals surface area contributed by atoms with Crippen LogP contribution in [0.3, 0.4) is 0 Å². The number of carbonyl (C=O) groups is 2. The minimum Gasteiger partial charge on any atom is -0.493 e. The third kappa shape index (κ3) is 4.27. The highest BCUT2D eigenvalue weighted by Gasteiger charge is 2.32. The molecule has 0 aliphatic carbocycles. The fraction of sp³-hybridized carbons (Fsp3) is 0.364. The molecule has 1 heterocycles. The predicted octanol–water partition coefficient (Wildman–Crippen LogP) is 3.65. The maximum atomic E-state index is 12.6. The lowest BCUT2D eigenvalue weighted by molar-refractivity contribution is -0.125. The van der Waals surface area contributed by atoms with Crippen molar-refractivity contribution in [2.24, 2.45) is 5.41 Å². The molecular formula is C22H26N2O4. The van der Waals surface area contributed by atoms with Gasteiger partial charge in [-0.2, -0.15) is 0 Å². The van der Waals surface area contributed by atoms with Crippen LogP contribution in [0.5, 0.6) is 11.5 Å². The van der Waals surface area contributed by atoms with E-state index in [1.54, 1.807) is 19.2 Å². The first-order chi connectivity index (χ1) is 13.3. The molecule has 1 aliphatic heterocycles. The van der Waals surface area contributed by atoms with Crippen molar-refractivity contribution in [1.82, 2.24) is 0 Å². The summed E-state index contributed by atoms with van der Waals surface area (Å²) in [6.45, 7) is 6.31. The molecule has 0 atom stereocenters. The normalized spacial score (nSPS) is 13.1. The third-order valence-corrected chi connectivity index (χ3v) is 4.57. The van der Waals surface area contributed by atoms with E-state index in [2.05, 4.69) is 5.32 Å². The summed E-state index contributed by atoms with van der Waals surface area (Å²) in [4.78, 5) is 26.7. The number of hydrogen-bond acceptors (Lipinski definition) is 4. The molecule has 0 aromatic heterocycles. The zero-order chi connectivity index (χ0) is 20.3. The first-order valence-corrected chi connectivity index (χ1v) is 9.30. The number of hydrogen-bond donors (Lipinski definition) is 1. The number of para-hydroxylation sites is 2. The minimum atomic E-state index is -0.426. The molecule has 2 amide bonds. The van der Waals surface area contributed by atoms with Crippen LogP contribution in [0.1, 0.15) is 26.3 Å². The minimum absolute atomic E-state index is 0.105. The first-order valence-electron chi connectivity index (χ1n) is 9.30. The fourth-order valence-electron chi connectivity index (χ4n) is 3.17. The second-order valence-electron chi connectivity index (χ2n) is 7.79. The van der Waals surface area contributed by atoms with E-state index in [-0.39, 0.29) is 18.4 Å². The van der Waals surface area contributed by atoms with Crippen molar-refractivity contribution in [3.8, 4) is 11.5 Å². The van der Waals surface area contributed by atoms with Crippen molar-refractivity contribution in [2.45, 2.75) is 27.2 Å². The number of ether oxygens (including phenoxy) is 2. The Hall–Kier alpha value is -3.02. The molecule has 6 nitrogen and oxygen atoms in total. The van der Waals surface area contributed by atoms with Gasteiger partial charge in [-0.05, 0) is 42.3 Å². The topological polar surface area (TPSA) is 67.9 Å². The first kappa shape index (κ1) is 19.7. The van der Waals surface area contributed by atoms with Gasteiger partial charge < -0.3 is 19.7 Å². The van der Waals surface area contributed by atoms with E-state index < -0.39 is 5.41 Å². The summed E-state index contributed by atoms with van der Waals surface area (Å²) in [5, 5.41) is 2.85. The lowest BCUT2D eigenvalue weighted by Crippen LogP contribution is -2.38. The second-order valence-corrected chi connectivity index (χ2v) is 7.79. The summed E-state index contributed by atoms with van der Waals surface area (Å²) in [5.41, 5.74) is 2.24. The van der Waals surface area contributed by atoms with Crippen LogP contribution in [0.25, 0.3) is 0 Å². The number of methoxy groups -OCH3 is 1. The van der Waals surface area contributed by atoms with Gasteiger partial charge >= 0.3 is 0 Å². The second kappa shape index (κ2) is 7.92. The monoisotopic (exact) mass is 382 g/mol. The van der Waals surface area contributed by atoms with Crippen LogP contribution >= 0.6 is 0 Å². The van der Waals surface area contributed by atoms with Crippen molar-refractivity contribution in [3.05, 3.63) is 48.0 Å². The fourth-order valence-corrected chi connectivity index (χ4v) is 3.17. The van der Waals surface area contributed by atoms with E-state index >= 15 is 0 Å². The van der Waals surface area contributed by atoms with Crippen molar-refractivity contribution in [3.63, 3.8) is 0 Å². The van der Waals surface area contributed by atoms with Crippen LogP contribution in [0.2, 0.25) is 0 Å². The molecule has 2 aromatic carbocycles. The van der Waals surface area contributed by atoms with E-state index in [1.807, 2.05) is 56.0 Å². The summed E-state index contributed by atoms with van der Waals surface area (Å²) in [6, 6.07) is 12.8. The van der Waals surface area contributed by atoms with Crippen LogP contribution < -0.4 is 19.7 Å². The van der Waals surface area contributed by atoms with Gasteiger partial charge in [0, 0.05) is 23.3 Å². The molecule has 28 heavy (non-hydrogen) atoms. The Morgan fingerprint density at radius 1 is 1.11 bits per heavy atom. The molecule has 0 radical (unpaired) electrons. The highest BCUT2D eigenvalue weighted by Crippen LogP contribution is 2.33. The third-order valence-electron chi connectivity index (χ3n) is 4.57. The van der Waals surface area contributed by atoms with Crippen LogP contribution in [0.15, 0.2) is 42.5 Å². The molecule has 1 N–H and O–H groups in total. The SMILES string of the molecule is COc1ccccc1OCC(=O)Nc1ccc2c(c1)CCN2C(=O)C(C)(C)C. The van der Waals surface area contributed by atoms with Crippen molar-refractivity contribution in [1.29, 1.82) is 0 Å². The van der Waals surface area contributed by atoms with Gasteiger partial charge in [0.1, 0.15) is 0 Å². The molecule has 0 bridgehead atoms. The number of rotatable bonds is 5. The molecule has 1 aliphatic rings. The summed E-state index contributed by atoms with van der Waals surface area (Å²) in [6.07, 6.45) is 0.776. The number of benzene rings is 2. The van der Waals surface area contributed by atoms with Crippen molar-refractivity contribution in [2.75, 3.05) is 30.5 Å². The van der Waals surface area contributed by atoms with Gasteiger partial charge in [0.25, 0.3) is 5.91 Å². The number of anilines is 2. The van der Waals surface area contributed by atoms with Crippen LogP contribution in [0.4, 0.5) is 11.4 Å². The average Bonchev–Trinajstić information content (AvgIpc) is 3.08. The van der Waals surface area contributed by atoms with E-state index in [0.717, 1.165) is 17.7 Å². The maximum absolute atomic E-state index is 12.6. The Morgan fingerprint density at radius 2 is 1.82 bits per heavy atom. The van der Waals surface area contributed by atoms with Crippen molar-refractivity contribution < 1.29 is 19.1 Å². The quantitative estimate of drug-likeness (QED) is 0.857. The standard InChI is InChI=1S/C22H26N2O4/c1-22(2,3)21(26)24-12-11-15-13-16(9-10-17(15)24)23-20(25)14-28-19-8-6-5-7-18(19)27-4/h5-10,13H,11-12,14H2,1-4H3,(H,23,25). The number of nitrogens with one attached hydrogen (secondary N) is 1. The Balaban J connectivity index is 1.63. The Bertz CT molecular complexity index is 886. The van der Waals surface area contributed by atoms with Crippen LogP contribution in [-0.2, 0) is 16.0 Å². The zero-order valence-electron chi connectivity index (χ0n) is 16.7. The molecule has 0 saturated carbocycles. The summed E-state index contributed by atoms with van der Waals surface area (Å²) >= 11 is 0. The lowest BCUT2D eigenvalue weighted by Gasteiger charge is -2.26. The van der Waals surface area contributed by atoms with Gasteiger partial charge in [-0.25, -0.2) is 0 Å². The van der Waals surface area contributed by atoms with Gasteiger partial charge in [-0.1, -0.05) is 32.9 Å². The Labute approximate surface area is 165 Å². The van der Waals surface area contributed by atoms with E-state index in [0.29, 0.717) is 23.7 Å². The Morgan fingerprint density at radius 3 is 2.50 bits per heavy atom. The van der Waals surface area contributed by atoms with Gasteiger partial charge in [-0.15, -0.1) is 0 Å². The average molecular weight is 382 g/mol. The van der Waals surface area contributed by atoms with E-state index in [4.69, 9.17) is 9.47 Å². The highest BCUT2D eigenvalue weighted by molar-refractivity contribution is 5.99. The van der Waals surface area contributed by atoms with Crippen molar-refractivity contribution >= 4 is 23.2 Å². The van der Waals surface area contributed by atoms with Gasteiger partial charge in [0.05, 0.1) is 7.11 Å². The molecule has 0 fully saturated rings.